The van der Waals surface area contributed by atoms with E-state index in [2.05, 4.69) is 60.5 Å². The third-order valence-corrected chi connectivity index (χ3v) is 13.9. The van der Waals surface area contributed by atoms with Crippen molar-refractivity contribution in [1.82, 2.24) is 29.9 Å². The van der Waals surface area contributed by atoms with E-state index in [0.717, 1.165) is 30.4 Å². The standard InChI is InChI=1S/C46H56N12O16S4/c1-25-7-16-38(76(64,65)66)37(17-25)50-44-52-42(54-46(56-44)58(23-29(5)61)24-30(6)62)48-34-14-12-32(40(19-34)78(70,71)72)10-9-31-11-13-33(18-39(31)77(67,68)69)47-41-51-43(49-36-20-35(75-74-73-63)15-8-26(36)2)55-45(53-41)57(21-27(3)59)22-28(4)60/h7-20,27-30,59-63H,21-24H2,1-6H3,(H,64,65,66)(H,67,68,69)(H,70,71,72)(H2,47,49,51,53,55)(H2,48,50,52,54,56)/b10-9+. The molecule has 32 heteroatoms. The molecule has 0 saturated heterocycles. The Morgan fingerprint density at radius 2 is 0.936 bits per heavy atom. The highest BCUT2D eigenvalue weighted by molar-refractivity contribution is 7.94. The predicted molar refractivity (Wildman–Crippen MR) is 288 cm³/mol. The first-order valence-corrected chi connectivity index (χ1v) is 28.2. The van der Waals surface area contributed by atoms with Crippen molar-refractivity contribution in [3.05, 3.63) is 95.1 Å². The SMILES string of the molecule is Cc1ccc(S(=O)(=O)O)c(Nc2nc(Nc3ccc(/C=C/c4ccc(Nc5nc(Nc6cc(SOOO)ccc6C)nc(N(CC(C)O)CC(C)O)n5)cc4S(=O)(=O)O)c(S(=O)(=O)O)c3)nc(N(CC(C)O)CC(C)O)n2)c1. The molecule has 4 unspecified atom stereocenters. The molecular formula is C46H56N12O16S4. The van der Waals surface area contributed by atoms with Gasteiger partial charge in [-0.15, -0.1) is 4.33 Å². The third kappa shape index (κ3) is 17.4. The van der Waals surface area contributed by atoms with E-state index in [1.165, 1.54) is 73.9 Å². The monoisotopic (exact) mass is 1160 g/mol. The van der Waals surface area contributed by atoms with E-state index in [9.17, 15) is 59.3 Å². The molecule has 4 atom stereocenters. The molecule has 28 nitrogen and oxygen atoms in total. The van der Waals surface area contributed by atoms with Gasteiger partial charge < -0.3 is 51.5 Å². The summed E-state index contributed by atoms with van der Waals surface area (Å²) in [4.78, 5) is 28.0. The van der Waals surface area contributed by atoms with E-state index in [4.69, 9.17) is 5.26 Å². The van der Waals surface area contributed by atoms with E-state index in [1.807, 2.05) is 0 Å². The van der Waals surface area contributed by atoms with Crippen molar-refractivity contribution in [3.63, 3.8) is 0 Å². The first-order chi connectivity index (χ1) is 36.5. The second kappa shape index (κ2) is 25.8. The van der Waals surface area contributed by atoms with Gasteiger partial charge in [0, 0.05) is 48.1 Å². The first-order valence-electron chi connectivity index (χ1n) is 23.1. The van der Waals surface area contributed by atoms with Gasteiger partial charge in [0.1, 0.15) is 14.7 Å². The maximum absolute atomic E-state index is 12.9. The summed E-state index contributed by atoms with van der Waals surface area (Å²) in [6, 6.07) is 16.3. The van der Waals surface area contributed by atoms with Crippen molar-refractivity contribution >= 4 is 113 Å². The van der Waals surface area contributed by atoms with Gasteiger partial charge in [0.05, 0.1) is 42.1 Å². The molecule has 0 saturated carbocycles. The van der Waals surface area contributed by atoms with Crippen LogP contribution >= 0.6 is 12.0 Å². The quantitative estimate of drug-likeness (QED) is 0.0110. The minimum absolute atomic E-state index is 0.0164. The summed E-state index contributed by atoms with van der Waals surface area (Å²) in [6.45, 7) is 9.16. The van der Waals surface area contributed by atoms with Gasteiger partial charge in [0.2, 0.25) is 35.7 Å². The lowest BCUT2D eigenvalue weighted by atomic mass is 10.1. The molecule has 0 amide bonds. The zero-order valence-corrected chi connectivity index (χ0v) is 45.5. The van der Waals surface area contributed by atoms with Crippen LogP contribution in [0.4, 0.5) is 58.4 Å². The number of anilines is 10. The number of nitrogens with one attached hydrogen (secondary N) is 4. The van der Waals surface area contributed by atoms with Crippen LogP contribution in [0.1, 0.15) is 49.9 Å². The zero-order valence-electron chi connectivity index (χ0n) is 42.3. The second-order valence-electron chi connectivity index (χ2n) is 17.7. The molecule has 0 radical (unpaired) electrons. The summed E-state index contributed by atoms with van der Waals surface area (Å²) in [7, 11) is -14.9. The fraction of sp³-hybridized carbons (Fsp3) is 0.304. The molecule has 420 valence electrons. The average molecular weight is 1160 g/mol. The third-order valence-electron chi connectivity index (χ3n) is 10.6. The van der Waals surface area contributed by atoms with Crippen molar-refractivity contribution < 1.29 is 74.0 Å². The maximum atomic E-state index is 12.9. The number of hydrogen-bond donors (Lipinski definition) is 12. The lowest BCUT2D eigenvalue weighted by Crippen LogP contribution is -2.37. The summed E-state index contributed by atoms with van der Waals surface area (Å²) >= 11 is 0.700. The van der Waals surface area contributed by atoms with Crippen LogP contribution in [0.15, 0.2) is 92.4 Å². The number of rotatable bonds is 26. The molecule has 12 N–H and O–H groups in total. The molecule has 2 heterocycles. The Morgan fingerprint density at radius 3 is 1.33 bits per heavy atom. The fourth-order valence-corrected chi connectivity index (χ4v) is 9.87. The van der Waals surface area contributed by atoms with Gasteiger partial charge in [-0.3, -0.25) is 13.7 Å². The van der Waals surface area contributed by atoms with Gasteiger partial charge in [0.15, 0.2) is 0 Å². The van der Waals surface area contributed by atoms with Gasteiger partial charge in [-0.25, -0.2) is 5.26 Å². The molecule has 0 fully saturated rings. The van der Waals surface area contributed by atoms with Gasteiger partial charge in [0.25, 0.3) is 30.4 Å². The summed E-state index contributed by atoms with van der Waals surface area (Å²) in [6.07, 6.45) is -1.45. The highest BCUT2D eigenvalue weighted by Gasteiger charge is 2.24. The summed E-state index contributed by atoms with van der Waals surface area (Å²) in [5, 5.41) is 65.1. The van der Waals surface area contributed by atoms with E-state index >= 15 is 0 Å². The molecule has 6 rings (SSSR count). The van der Waals surface area contributed by atoms with Crippen molar-refractivity contribution in [2.75, 3.05) is 57.2 Å². The van der Waals surface area contributed by atoms with Crippen LogP contribution in [0.3, 0.4) is 0 Å². The van der Waals surface area contributed by atoms with Crippen LogP contribution < -0.4 is 31.1 Å². The number of aromatic nitrogens is 6. The highest BCUT2D eigenvalue weighted by Crippen LogP contribution is 2.32. The minimum Gasteiger partial charge on any atom is -0.392 e. The molecule has 0 aliphatic rings. The molecule has 2 aromatic heterocycles. The fourth-order valence-electron chi connectivity index (χ4n) is 7.42. The van der Waals surface area contributed by atoms with E-state index < -0.39 is 69.5 Å². The average Bonchev–Trinajstić information content (AvgIpc) is 3.36. The topological polar surface area (TPSA) is 415 Å². The molecule has 0 spiro atoms. The van der Waals surface area contributed by atoms with Gasteiger partial charge in [-0.2, -0.15) is 55.2 Å². The van der Waals surface area contributed by atoms with Gasteiger partial charge >= 0.3 is 0 Å². The normalized spacial score (nSPS) is 13.7. The maximum Gasteiger partial charge on any atom is 0.296 e. The van der Waals surface area contributed by atoms with E-state index in [-0.39, 0.29) is 90.1 Å². The number of aryl methyl sites for hydroxylation is 2. The first kappa shape index (κ1) is 60.5. The summed E-state index contributed by atoms with van der Waals surface area (Å²) in [5.74, 6) is -0.990. The van der Waals surface area contributed by atoms with Crippen molar-refractivity contribution in [3.8, 4) is 0 Å². The highest BCUT2D eigenvalue weighted by atomic mass is 32.2. The Bertz CT molecular complexity index is 3470. The van der Waals surface area contributed by atoms with Crippen LogP contribution in [-0.2, 0) is 39.7 Å². The van der Waals surface area contributed by atoms with Crippen LogP contribution in [-0.4, -0.2) is 145 Å². The summed E-state index contributed by atoms with van der Waals surface area (Å²) < 4.78 is 112. The molecule has 0 bridgehead atoms. The molecule has 78 heavy (non-hydrogen) atoms. The molecule has 0 aliphatic carbocycles. The number of aliphatic hydroxyl groups is 4. The minimum atomic E-state index is -5.06. The Kier molecular flexibility index (Phi) is 20.0. The number of nitrogens with zero attached hydrogens (tertiary/aromatic N) is 8. The molecular weight excluding hydrogens is 1100 g/mol. The second-order valence-corrected chi connectivity index (χ2v) is 22.7. The van der Waals surface area contributed by atoms with Crippen LogP contribution in [0.5, 0.6) is 0 Å². The smallest absolute Gasteiger partial charge is 0.296 e. The lowest BCUT2D eigenvalue weighted by molar-refractivity contribution is -0.432. The lowest BCUT2D eigenvalue weighted by Gasteiger charge is -2.26. The molecule has 6 aromatic rings. The number of benzene rings is 4. The van der Waals surface area contributed by atoms with Crippen molar-refractivity contribution in [2.24, 2.45) is 0 Å². The van der Waals surface area contributed by atoms with E-state index in [0.29, 0.717) is 33.8 Å². The van der Waals surface area contributed by atoms with Crippen LogP contribution in [0.2, 0.25) is 0 Å². The Balaban J connectivity index is 1.36. The van der Waals surface area contributed by atoms with Gasteiger partial charge in [-0.05, 0) is 112 Å². The number of aliphatic hydroxyl groups excluding tert-OH is 4. The van der Waals surface area contributed by atoms with Crippen LogP contribution in [0.25, 0.3) is 12.2 Å². The molecule has 0 aliphatic heterocycles. The molecule has 4 aromatic carbocycles. The van der Waals surface area contributed by atoms with Gasteiger partial charge in [-0.1, -0.05) is 41.5 Å². The Labute approximate surface area is 452 Å². The van der Waals surface area contributed by atoms with Crippen molar-refractivity contribution in [1.29, 1.82) is 0 Å². The number of hydrogen-bond acceptors (Lipinski definition) is 26. The Hall–Kier alpha value is -6.76. The van der Waals surface area contributed by atoms with Crippen molar-refractivity contribution in [2.45, 2.75) is 85.5 Å². The predicted octanol–water partition coefficient (Wildman–Crippen LogP) is 5.12. The zero-order chi connectivity index (χ0) is 57.3. The Morgan fingerprint density at radius 1 is 0.526 bits per heavy atom. The van der Waals surface area contributed by atoms with Crippen LogP contribution in [0, 0.1) is 13.8 Å². The summed E-state index contributed by atoms with van der Waals surface area (Å²) in [5.41, 5.74) is 1.28. The van der Waals surface area contributed by atoms with E-state index in [1.54, 1.807) is 32.0 Å². The largest absolute Gasteiger partial charge is 0.392 e.